The van der Waals surface area contributed by atoms with Gasteiger partial charge in [-0.1, -0.05) is 55.9 Å². The smallest absolute Gasteiger partial charge is 0.243 e. The Morgan fingerprint density at radius 1 is 1.00 bits per heavy atom. The molecule has 0 unspecified atom stereocenters. The number of hydrogen-bond acceptors (Lipinski definition) is 7. The summed E-state index contributed by atoms with van der Waals surface area (Å²) in [6.45, 7) is 6.37. The summed E-state index contributed by atoms with van der Waals surface area (Å²) in [5, 5.41) is 12.0. The molecule has 0 saturated heterocycles. The van der Waals surface area contributed by atoms with Gasteiger partial charge in [0, 0.05) is 44.2 Å². The van der Waals surface area contributed by atoms with Gasteiger partial charge >= 0.3 is 0 Å². The minimum absolute atomic E-state index is 0.0760. The number of thioether (sulfide) groups is 1. The zero-order valence-electron chi connectivity index (χ0n) is 20.7. The number of benzene rings is 2. The topological polar surface area (TPSA) is 114 Å². The molecule has 36 heavy (non-hydrogen) atoms. The number of amides is 1. The molecule has 1 heterocycles. The zero-order chi connectivity index (χ0) is 26.1. The van der Waals surface area contributed by atoms with Crippen molar-refractivity contribution in [2.75, 3.05) is 25.4 Å². The third-order valence-corrected chi connectivity index (χ3v) is 8.51. The van der Waals surface area contributed by atoms with Crippen LogP contribution in [0.15, 0.2) is 64.6 Å². The lowest BCUT2D eigenvalue weighted by Gasteiger charge is -2.18. The molecule has 0 bridgehead atoms. The van der Waals surface area contributed by atoms with Gasteiger partial charge in [0.25, 0.3) is 0 Å². The van der Waals surface area contributed by atoms with Crippen molar-refractivity contribution in [3.05, 3.63) is 66.0 Å². The number of Topliss-reactive ketones (excluding diaryl/α,β-unsaturated/α-hetero) is 1. The molecule has 11 heteroatoms. The second-order valence-electron chi connectivity index (χ2n) is 7.98. The van der Waals surface area contributed by atoms with Crippen LogP contribution >= 0.6 is 11.8 Å². The van der Waals surface area contributed by atoms with Gasteiger partial charge in [-0.15, -0.1) is 10.2 Å². The molecular weight excluding hydrogens is 498 g/mol. The van der Waals surface area contributed by atoms with Crippen molar-refractivity contribution in [1.82, 2.24) is 24.4 Å². The molecule has 1 aromatic heterocycles. The summed E-state index contributed by atoms with van der Waals surface area (Å²) in [6.07, 6.45) is 1.32. The normalized spacial score (nSPS) is 11.6. The van der Waals surface area contributed by atoms with E-state index in [1.807, 2.05) is 34.9 Å². The number of ketones is 1. The highest BCUT2D eigenvalue weighted by Gasteiger charge is 2.22. The minimum Gasteiger partial charge on any atom is -0.356 e. The first-order valence-electron chi connectivity index (χ1n) is 11.8. The van der Waals surface area contributed by atoms with Gasteiger partial charge in [-0.2, -0.15) is 4.31 Å². The van der Waals surface area contributed by atoms with Crippen LogP contribution in [0.1, 0.15) is 43.4 Å². The number of para-hydroxylation sites is 1. The maximum absolute atomic E-state index is 12.9. The molecule has 0 fully saturated rings. The number of sulfonamides is 1. The third-order valence-electron chi connectivity index (χ3n) is 5.52. The van der Waals surface area contributed by atoms with E-state index in [9.17, 15) is 18.0 Å². The van der Waals surface area contributed by atoms with Crippen LogP contribution in [0.2, 0.25) is 0 Å². The predicted octanol–water partition coefficient (Wildman–Crippen LogP) is 3.34. The van der Waals surface area contributed by atoms with Gasteiger partial charge in [-0.3, -0.25) is 14.2 Å². The maximum Gasteiger partial charge on any atom is 0.243 e. The van der Waals surface area contributed by atoms with Crippen molar-refractivity contribution in [2.24, 2.45) is 0 Å². The first-order chi connectivity index (χ1) is 17.3. The fourth-order valence-corrected chi connectivity index (χ4v) is 5.97. The minimum atomic E-state index is -3.57. The number of aryl methyl sites for hydroxylation is 1. The lowest BCUT2D eigenvalue weighted by Crippen LogP contribution is -2.30. The van der Waals surface area contributed by atoms with Crippen molar-refractivity contribution < 1.29 is 18.0 Å². The monoisotopic (exact) mass is 529 g/mol. The van der Waals surface area contributed by atoms with Crippen LogP contribution in [-0.4, -0.2) is 64.6 Å². The summed E-state index contributed by atoms with van der Waals surface area (Å²) in [4.78, 5) is 24.2. The fraction of sp³-hybridized carbons (Fsp3) is 0.360. The quantitative estimate of drug-likeness (QED) is 0.205. The van der Waals surface area contributed by atoms with Crippen molar-refractivity contribution in [1.29, 1.82) is 0 Å². The van der Waals surface area contributed by atoms with Gasteiger partial charge in [-0.05, 0) is 30.7 Å². The highest BCUT2D eigenvalue weighted by atomic mass is 32.2. The highest BCUT2D eigenvalue weighted by Crippen LogP contribution is 2.24. The van der Waals surface area contributed by atoms with Gasteiger partial charge in [0.2, 0.25) is 15.9 Å². The van der Waals surface area contributed by atoms with Crippen molar-refractivity contribution in [3.8, 4) is 5.69 Å². The van der Waals surface area contributed by atoms with E-state index in [-0.39, 0.29) is 22.3 Å². The van der Waals surface area contributed by atoms with Crippen molar-refractivity contribution in [3.63, 3.8) is 0 Å². The van der Waals surface area contributed by atoms with Gasteiger partial charge in [0.05, 0.1) is 10.6 Å². The van der Waals surface area contributed by atoms with Crippen molar-refractivity contribution >= 4 is 33.5 Å². The molecule has 3 rings (SSSR count). The Labute approximate surface area is 216 Å². The molecule has 0 aliphatic carbocycles. The molecule has 0 atom stereocenters. The Morgan fingerprint density at radius 3 is 2.28 bits per heavy atom. The largest absolute Gasteiger partial charge is 0.356 e. The van der Waals surface area contributed by atoms with Gasteiger partial charge < -0.3 is 5.32 Å². The van der Waals surface area contributed by atoms with Crippen LogP contribution in [0, 0.1) is 0 Å². The fourth-order valence-electron chi connectivity index (χ4n) is 3.64. The summed E-state index contributed by atoms with van der Waals surface area (Å²) in [5.74, 6) is 0.654. The lowest BCUT2D eigenvalue weighted by molar-refractivity contribution is -0.118. The van der Waals surface area contributed by atoms with E-state index in [4.69, 9.17) is 0 Å². The van der Waals surface area contributed by atoms with Gasteiger partial charge in [-0.25, -0.2) is 8.42 Å². The summed E-state index contributed by atoms with van der Waals surface area (Å²) in [5.41, 5.74) is 1.32. The average molecular weight is 530 g/mol. The number of hydrogen-bond donors (Lipinski definition) is 1. The van der Waals surface area contributed by atoms with E-state index < -0.39 is 10.0 Å². The SMILES string of the molecule is CCN(CC)S(=O)(=O)c1ccc(C(=O)CSc2nnc(CCCNC(C)=O)n2-c2ccccc2)cc1. The Bertz CT molecular complexity index is 1270. The standard InChI is InChI=1S/C25H31N5O4S2/c1-4-29(5-2)36(33,34)22-15-13-20(14-16-22)23(32)18-35-25-28-27-24(12-9-17-26-19(3)31)30(25)21-10-7-6-8-11-21/h6-8,10-11,13-16H,4-5,9,12,17-18H2,1-3H3,(H,26,31). The molecule has 1 amide bonds. The molecule has 3 aromatic rings. The lowest BCUT2D eigenvalue weighted by atomic mass is 10.1. The summed E-state index contributed by atoms with van der Waals surface area (Å²) >= 11 is 1.28. The molecule has 1 N–H and O–H groups in total. The zero-order valence-corrected chi connectivity index (χ0v) is 22.3. The van der Waals surface area contributed by atoms with Crippen LogP contribution in [0.3, 0.4) is 0 Å². The summed E-state index contributed by atoms with van der Waals surface area (Å²) in [6, 6.07) is 15.7. The van der Waals surface area contributed by atoms with Crippen molar-refractivity contribution in [2.45, 2.75) is 43.7 Å². The number of nitrogens with zero attached hydrogens (tertiary/aromatic N) is 4. The average Bonchev–Trinajstić information content (AvgIpc) is 3.29. The molecule has 2 aromatic carbocycles. The molecule has 0 radical (unpaired) electrons. The molecule has 0 saturated carbocycles. The summed E-state index contributed by atoms with van der Waals surface area (Å²) in [7, 11) is -3.57. The Kier molecular flexibility index (Phi) is 9.80. The van der Waals surface area contributed by atoms with E-state index >= 15 is 0 Å². The van der Waals surface area contributed by atoms with Gasteiger partial charge in [0.1, 0.15) is 5.82 Å². The second-order valence-corrected chi connectivity index (χ2v) is 10.9. The van der Waals surface area contributed by atoms with E-state index in [2.05, 4.69) is 15.5 Å². The molecule has 0 aliphatic heterocycles. The van der Waals surface area contributed by atoms with E-state index in [0.29, 0.717) is 43.2 Å². The Hall–Kier alpha value is -3.02. The van der Waals surface area contributed by atoms with E-state index in [1.54, 1.807) is 26.0 Å². The van der Waals surface area contributed by atoms with Crippen LogP contribution in [-0.2, 0) is 21.2 Å². The predicted molar refractivity (Wildman–Crippen MR) is 140 cm³/mol. The van der Waals surface area contributed by atoms with Crippen LogP contribution < -0.4 is 5.32 Å². The van der Waals surface area contributed by atoms with Crippen LogP contribution in [0.5, 0.6) is 0 Å². The van der Waals surface area contributed by atoms with Crippen LogP contribution in [0.4, 0.5) is 0 Å². The number of nitrogens with one attached hydrogen (secondary N) is 1. The number of aromatic nitrogens is 3. The molecule has 0 spiro atoms. The second kappa shape index (κ2) is 12.8. The number of rotatable bonds is 13. The number of carbonyl (C=O) groups excluding carboxylic acids is 2. The first kappa shape index (κ1) is 27.6. The first-order valence-corrected chi connectivity index (χ1v) is 14.2. The summed E-state index contributed by atoms with van der Waals surface area (Å²) < 4.78 is 28.7. The number of carbonyl (C=O) groups is 2. The Balaban J connectivity index is 1.73. The molecular formula is C25H31N5O4S2. The maximum atomic E-state index is 12.9. The van der Waals surface area contributed by atoms with Gasteiger partial charge in [0.15, 0.2) is 10.9 Å². The highest BCUT2D eigenvalue weighted by molar-refractivity contribution is 7.99. The molecule has 9 nitrogen and oxygen atoms in total. The van der Waals surface area contributed by atoms with Crippen LogP contribution in [0.25, 0.3) is 5.69 Å². The van der Waals surface area contributed by atoms with E-state index in [0.717, 1.165) is 11.5 Å². The Morgan fingerprint density at radius 2 is 1.67 bits per heavy atom. The molecule has 0 aliphatic rings. The van der Waals surface area contributed by atoms with E-state index in [1.165, 1.54) is 35.1 Å². The molecule has 192 valence electrons. The third kappa shape index (κ3) is 6.80.